The Balaban J connectivity index is 2.46. The van der Waals surface area contributed by atoms with Crippen LogP contribution in [-0.4, -0.2) is 35.7 Å². The van der Waals surface area contributed by atoms with Crippen LogP contribution in [0.3, 0.4) is 0 Å². The van der Waals surface area contributed by atoms with Crippen LogP contribution >= 0.6 is 0 Å². The fraction of sp³-hybridized carbons (Fsp3) is 0.375. The second kappa shape index (κ2) is 3.79. The fourth-order valence-electron chi connectivity index (χ4n) is 0.619. The van der Waals surface area contributed by atoms with Gasteiger partial charge in [-0.2, -0.15) is 5.10 Å². The molecule has 0 saturated carbocycles. The van der Waals surface area contributed by atoms with Crippen molar-refractivity contribution in [2.45, 2.75) is 0 Å². The predicted octanol–water partition coefficient (Wildman–Crippen LogP) is 0.323. The maximum absolute atomic E-state index is 3.78. The zero-order chi connectivity index (χ0) is 8.10. The molecule has 11 heavy (non-hydrogen) atoms. The zero-order valence-electron chi connectivity index (χ0n) is 6.76. The molecule has 0 radical (unpaired) electrons. The number of nitrogens with zero attached hydrogens (tertiary/aromatic N) is 2. The van der Waals surface area contributed by atoms with E-state index in [-0.39, 0.29) is 0 Å². The molecule has 58 valence electrons. The molecule has 3 nitrogen and oxygen atoms in total. The summed E-state index contributed by atoms with van der Waals surface area (Å²) < 4.78 is 0. The number of H-pyrrole nitrogens is 1. The van der Waals surface area contributed by atoms with E-state index in [1.807, 2.05) is 19.0 Å². The lowest BCUT2D eigenvalue weighted by Gasteiger charge is -2.00. The summed E-state index contributed by atoms with van der Waals surface area (Å²) in [5.74, 6) is 5.97. The van der Waals surface area contributed by atoms with Gasteiger partial charge in [-0.1, -0.05) is 11.8 Å². The van der Waals surface area contributed by atoms with E-state index in [0.717, 1.165) is 12.1 Å². The summed E-state index contributed by atoms with van der Waals surface area (Å²) in [5.41, 5.74) is 0.937. The fourth-order valence-corrected chi connectivity index (χ4v) is 0.619. The SMILES string of the molecule is CN(C)CC#Cc1cn[nH]c1. The summed E-state index contributed by atoms with van der Waals surface area (Å²) in [6.07, 6.45) is 3.49. The smallest absolute Gasteiger partial charge is 0.0644 e. The van der Waals surface area contributed by atoms with Crippen LogP contribution in [0.4, 0.5) is 0 Å². The molecule has 0 unspecified atom stereocenters. The second-order valence-electron chi connectivity index (χ2n) is 2.53. The quantitative estimate of drug-likeness (QED) is 0.583. The molecule has 3 heteroatoms. The molecule has 0 atom stereocenters. The average molecular weight is 149 g/mol. The molecule has 0 aliphatic rings. The first-order chi connectivity index (χ1) is 5.29. The van der Waals surface area contributed by atoms with Crippen LogP contribution in [0.2, 0.25) is 0 Å². The van der Waals surface area contributed by atoms with Crippen LogP contribution < -0.4 is 0 Å². The van der Waals surface area contributed by atoms with Gasteiger partial charge in [0.2, 0.25) is 0 Å². The Morgan fingerprint density at radius 2 is 2.45 bits per heavy atom. The van der Waals surface area contributed by atoms with Crippen molar-refractivity contribution in [3.63, 3.8) is 0 Å². The molecular weight excluding hydrogens is 138 g/mol. The van der Waals surface area contributed by atoms with Gasteiger partial charge in [0.25, 0.3) is 0 Å². The van der Waals surface area contributed by atoms with E-state index >= 15 is 0 Å². The third kappa shape index (κ3) is 2.87. The van der Waals surface area contributed by atoms with Gasteiger partial charge in [-0.15, -0.1) is 0 Å². The van der Waals surface area contributed by atoms with Gasteiger partial charge in [0.15, 0.2) is 0 Å². The Hall–Kier alpha value is -1.27. The molecule has 0 aliphatic heterocycles. The summed E-state index contributed by atoms with van der Waals surface area (Å²) in [6.45, 7) is 0.783. The van der Waals surface area contributed by atoms with Crippen molar-refractivity contribution in [3.8, 4) is 11.8 Å². The van der Waals surface area contributed by atoms with Crippen molar-refractivity contribution in [2.24, 2.45) is 0 Å². The standard InChI is InChI=1S/C8H11N3/c1-11(2)5-3-4-8-6-9-10-7-8/h6-7H,5H2,1-2H3,(H,9,10). The van der Waals surface area contributed by atoms with Crippen LogP contribution in [0.25, 0.3) is 0 Å². The van der Waals surface area contributed by atoms with Crippen molar-refractivity contribution in [2.75, 3.05) is 20.6 Å². The maximum atomic E-state index is 3.78. The summed E-state index contributed by atoms with van der Waals surface area (Å²) >= 11 is 0. The molecule has 1 aromatic rings. The van der Waals surface area contributed by atoms with Gasteiger partial charge in [-0.3, -0.25) is 10.00 Å². The number of hydrogen-bond acceptors (Lipinski definition) is 2. The van der Waals surface area contributed by atoms with E-state index in [2.05, 4.69) is 22.0 Å². The first-order valence-corrected chi connectivity index (χ1v) is 3.41. The normalized spacial score (nSPS) is 9.36. The summed E-state index contributed by atoms with van der Waals surface area (Å²) in [7, 11) is 3.98. The minimum atomic E-state index is 0.783. The van der Waals surface area contributed by atoms with Gasteiger partial charge in [-0.05, 0) is 14.1 Å². The second-order valence-corrected chi connectivity index (χ2v) is 2.53. The number of hydrogen-bond donors (Lipinski definition) is 1. The highest BCUT2D eigenvalue weighted by molar-refractivity contribution is 5.29. The predicted molar refractivity (Wildman–Crippen MR) is 44.0 cm³/mol. The number of rotatable bonds is 1. The lowest BCUT2D eigenvalue weighted by atomic mass is 10.3. The monoisotopic (exact) mass is 149 g/mol. The Bertz CT molecular complexity index is 251. The number of nitrogens with one attached hydrogen (secondary N) is 1. The van der Waals surface area contributed by atoms with Gasteiger partial charge in [-0.25, -0.2) is 0 Å². The molecule has 0 amide bonds. The average Bonchev–Trinajstić information content (AvgIpc) is 2.39. The lowest BCUT2D eigenvalue weighted by molar-refractivity contribution is 0.464. The molecule has 0 aromatic carbocycles. The van der Waals surface area contributed by atoms with E-state index in [9.17, 15) is 0 Å². The Kier molecular flexibility index (Phi) is 2.70. The van der Waals surface area contributed by atoms with Crippen LogP contribution in [0.15, 0.2) is 12.4 Å². The van der Waals surface area contributed by atoms with E-state index in [4.69, 9.17) is 0 Å². The van der Waals surface area contributed by atoms with Crippen LogP contribution in [0.1, 0.15) is 5.56 Å². The van der Waals surface area contributed by atoms with E-state index in [1.54, 1.807) is 12.4 Å². The number of aromatic nitrogens is 2. The zero-order valence-corrected chi connectivity index (χ0v) is 6.76. The van der Waals surface area contributed by atoms with Crippen molar-refractivity contribution < 1.29 is 0 Å². The van der Waals surface area contributed by atoms with Gasteiger partial charge >= 0.3 is 0 Å². The summed E-state index contributed by atoms with van der Waals surface area (Å²) in [5, 5.41) is 6.48. The van der Waals surface area contributed by atoms with Crippen molar-refractivity contribution in [3.05, 3.63) is 18.0 Å². The highest BCUT2D eigenvalue weighted by Crippen LogP contribution is 1.87. The first-order valence-electron chi connectivity index (χ1n) is 3.41. The van der Waals surface area contributed by atoms with Gasteiger partial charge in [0.1, 0.15) is 0 Å². The molecule has 0 spiro atoms. The van der Waals surface area contributed by atoms with E-state index in [1.165, 1.54) is 0 Å². The lowest BCUT2D eigenvalue weighted by Crippen LogP contribution is -2.10. The third-order valence-electron chi connectivity index (χ3n) is 1.13. The van der Waals surface area contributed by atoms with Crippen LogP contribution in [0.5, 0.6) is 0 Å². The van der Waals surface area contributed by atoms with Gasteiger partial charge < -0.3 is 0 Å². The van der Waals surface area contributed by atoms with Crippen LogP contribution in [0, 0.1) is 11.8 Å². The maximum Gasteiger partial charge on any atom is 0.0644 e. The van der Waals surface area contributed by atoms with Gasteiger partial charge in [0, 0.05) is 6.20 Å². The molecule has 1 rings (SSSR count). The highest BCUT2D eigenvalue weighted by Gasteiger charge is 1.84. The van der Waals surface area contributed by atoms with E-state index in [0.29, 0.717) is 0 Å². The van der Waals surface area contributed by atoms with Crippen molar-refractivity contribution in [1.82, 2.24) is 15.1 Å². The van der Waals surface area contributed by atoms with Crippen LogP contribution in [-0.2, 0) is 0 Å². The molecule has 0 aliphatic carbocycles. The Labute approximate surface area is 66.4 Å². The number of aromatic amines is 1. The minimum Gasteiger partial charge on any atom is -0.299 e. The molecule has 1 N–H and O–H groups in total. The topological polar surface area (TPSA) is 31.9 Å². The largest absolute Gasteiger partial charge is 0.299 e. The van der Waals surface area contributed by atoms with Gasteiger partial charge in [0.05, 0.1) is 18.3 Å². The summed E-state index contributed by atoms with van der Waals surface area (Å²) in [4.78, 5) is 2.02. The molecule has 0 saturated heterocycles. The molecule has 0 bridgehead atoms. The highest BCUT2D eigenvalue weighted by atomic mass is 15.1. The Morgan fingerprint density at radius 1 is 1.64 bits per heavy atom. The van der Waals surface area contributed by atoms with Crippen molar-refractivity contribution >= 4 is 0 Å². The molecule has 1 aromatic heterocycles. The summed E-state index contributed by atoms with van der Waals surface area (Å²) in [6, 6.07) is 0. The molecule has 0 fully saturated rings. The minimum absolute atomic E-state index is 0.783. The van der Waals surface area contributed by atoms with Crippen molar-refractivity contribution in [1.29, 1.82) is 0 Å². The molecular formula is C8H11N3. The molecule has 1 heterocycles. The third-order valence-corrected chi connectivity index (χ3v) is 1.13. The first kappa shape index (κ1) is 7.83. The Morgan fingerprint density at radius 3 is 3.00 bits per heavy atom. The van der Waals surface area contributed by atoms with E-state index < -0.39 is 0 Å².